The van der Waals surface area contributed by atoms with Crippen molar-refractivity contribution >= 4 is 51.0 Å². The number of rotatable bonds is 7. The maximum atomic E-state index is 9.61. The van der Waals surface area contributed by atoms with Gasteiger partial charge in [0.15, 0.2) is 15.8 Å². The number of para-hydroxylation sites is 1. The van der Waals surface area contributed by atoms with Crippen LogP contribution in [-0.2, 0) is 6.61 Å². The molecule has 0 amide bonds. The van der Waals surface area contributed by atoms with Gasteiger partial charge in [-0.05, 0) is 53.7 Å². The Morgan fingerprint density at radius 3 is 2.71 bits per heavy atom. The average molecular weight is 465 g/mol. The van der Waals surface area contributed by atoms with Gasteiger partial charge in [-0.25, -0.2) is 4.98 Å². The van der Waals surface area contributed by atoms with E-state index in [1.54, 1.807) is 18.4 Å². The number of hydrogen-bond donors (Lipinski definition) is 0. The standard InChI is InChI=1S/C24H17ClN2O2S2/c1-28-22-13-16(10-11-21(22)29-15-17-6-2-3-7-19(17)25)12-18(14-26)30-24-27-20-8-4-5-9-23(20)31-24/h2-13H,15H2,1H3/b18-12+. The maximum absolute atomic E-state index is 9.61. The molecule has 0 fully saturated rings. The number of fused-ring (bicyclic) bond motifs is 1. The Kier molecular flexibility index (Phi) is 6.78. The number of thioether (sulfide) groups is 1. The molecule has 0 atom stereocenters. The Hall–Kier alpha value is -2.98. The predicted molar refractivity (Wildman–Crippen MR) is 128 cm³/mol. The van der Waals surface area contributed by atoms with Gasteiger partial charge in [0.2, 0.25) is 0 Å². The molecule has 4 aromatic rings. The number of allylic oxidation sites excluding steroid dienone is 1. The minimum atomic E-state index is 0.335. The molecule has 0 aliphatic carbocycles. The summed E-state index contributed by atoms with van der Waals surface area (Å²) >= 11 is 9.13. The summed E-state index contributed by atoms with van der Waals surface area (Å²) in [5.41, 5.74) is 2.68. The molecule has 31 heavy (non-hydrogen) atoms. The zero-order valence-electron chi connectivity index (χ0n) is 16.5. The normalized spacial score (nSPS) is 11.3. The van der Waals surface area contributed by atoms with E-state index in [0.29, 0.717) is 28.0 Å². The van der Waals surface area contributed by atoms with Crippen molar-refractivity contribution < 1.29 is 9.47 Å². The fourth-order valence-corrected chi connectivity index (χ4v) is 5.05. The van der Waals surface area contributed by atoms with Gasteiger partial charge in [-0.3, -0.25) is 0 Å². The van der Waals surface area contributed by atoms with E-state index in [1.165, 1.54) is 11.8 Å². The lowest BCUT2D eigenvalue weighted by atomic mass is 10.2. The van der Waals surface area contributed by atoms with E-state index < -0.39 is 0 Å². The Balaban J connectivity index is 1.52. The van der Waals surface area contributed by atoms with Crippen LogP contribution in [0.4, 0.5) is 0 Å². The molecule has 0 saturated heterocycles. The lowest BCUT2D eigenvalue weighted by molar-refractivity contribution is 0.284. The number of ether oxygens (including phenoxy) is 2. The molecule has 154 valence electrons. The highest BCUT2D eigenvalue weighted by atomic mass is 35.5. The van der Waals surface area contributed by atoms with Crippen LogP contribution in [0.25, 0.3) is 16.3 Å². The van der Waals surface area contributed by atoms with Gasteiger partial charge < -0.3 is 9.47 Å². The smallest absolute Gasteiger partial charge is 0.161 e. The average Bonchev–Trinajstić information content (AvgIpc) is 3.21. The summed E-state index contributed by atoms with van der Waals surface area (Å²) in [6.45, 7) is 0.335. The van der Waals surface area contributed by atoms with Crippen molar-refractivity contribution in [2.24, 2.45) is 0 Å². The highest BCUT2D eigenvalue weighted by Gasteiger charge is 2.10. The molecule has 1 heterocycles. The Morgan fingerprint density at radius 1 is 1.13 bits per heavy atom. The van der Waals surface area contributed by atoms with Gasteiger partial charge >= 0.3 is 0 Å². The summed E-state index contributed by atoms with van der Waals surface area (Å²) in [7, 11) is 1.59. The SMILES string of the molecule is COc1cc(/C=C(\C#N)Sc2nc3ccccc3s2)ccc1OCc1ccccc1Cl. The third-order valence-electron chi connectivity index (χ3n) is 4.41. The molecule has 0 aliphatic heterocycles. The van der Waals surface area contributed by atoms with Crippen molar-refractivity contribution in [3.63, 3.8) is 0 Å². The van der Waals surface area contributed by atoms with Crippen molar-refractivity contribution in [3.05, 3.63) is 87.8 Å². The van der Waals surface area contributed by atoms with Crippen LogP contribution in [0.1, 0.15) is 11.1 Å². The third kappa shape index (κ3) is 5.20. The quantitative estimate of drug-likeness (QED) is 0.214. The number of aromatic nitrogens is 1. The lowest BCUT2D eigenvalue weighted by Gasteiger charge is -2.12. The van der Waals surface area contributed by atoms with Gasteiger partial charge in [-0.1, -0.05) is 48.0 Å². The number of hydrogen-bond acceptors (Lipinski definition) is 6. The lowest BCUT2D eigenvalue weighted by Crippen LogP contribution is -1.98. The highest BCUT2D eigenvalue weighted by Crippen LogP contribution is 2.35. The summed E-state index contributed by atoms with van der Waals surface area (Å²) in [5.74, 6) is 1.19. The second kappa shape index (κ2) is 9.88. The van der Waals surface area contributed by atoms with Crippen LogP contribution < -0.4 is 9.47 Å². The molecule has 0 bridgehead atoms. The first-order valence-corrected chi connectivity index (χ1v) is 11.4. The minimum absolute atomic E-state index is 0.335. The molecule has 0 saturated carbocycles. The second-order valence-electron chi connectivity index (χ2n) is 6.46. The van der Waals surface area contributed by atoms with E-state index in [0.717, 1.165) is 25.7 Å². The van der Waals surface area contributed by atoms with Crippen LogP contribution in [0.2, 0.25) is 5.02 Å². The van der Waals surface area contributed by atoms with Gasteiger partial charge in [0.25, 0.3) is 0 Å². The van der Waals surface area contributed by atoms with Gasteiger partial charge in [-0.2, -0.15) is 5.26 Å². The highest BCUT2D eigenvalue weighted by molar-refractivity contribution is 8.05. The van der Waals surface area contributed by atoms with Gasteiger partial charge in [-0.15, -0.1) is 11.3 Å². The fraction of sp³-hybridized carbons (Fsp3) is 0.0833. The molecule has 0 N–H and O–H groups in total. The second-order valence-corrected chi connectivity index (χ2v) is 9.19. The third-order valence-corrected chi connectivity index (χ3v) is 6.80. The van der Waals surface area contributed by atoms with Gasteiger partial charge in [0.1, 0.15) is 12.7 Å². The predicted octanol–water partition coefficient (Wildman–Crippen LogP) is 7.19. The Bertz CT molecular complexity index is 1260. The van der Waals surface area contributed by atoms with Crippen LogP contribution in [0.15, 0.2) is 76.0 Å². The number of methoxy groups -OCH3 is 1. The summed E-state index contributed by atoms with van der Waals surface area (Å²) in [4.78, 5) is 5.13. The summed E-state index contributed by atoms with van der Waals surface area (Å²) < 4.78 is 13.3. The Labute approximate surface area is 193 Å². The molecule has 0 spiro atoms. The van der Waals surface area contributed by atoms with Gasteiger partial charge in [0, 0.05) is 10.6 Å². The van der Waals surface area contributed by atoms with Gasteiger partial charge in [0.05, 0.1) is 22.2 Å². The first kappa shape index (κ1) is 21.3. The zero-order chi connectivity index (χ0) is 21.6. The van der Waals surface area contributed by atoms with Crippen molar-refractivity contribution in [1.82, 2.24) is 4.98 Å². The first-order chi connectivity index (χ1) is 15.2. The van der Waals surface area contributed by atoms with Crippen LogP contribution in [-0.4, -0.2) is 12.1 Å². The van der Waals surface area contributed by atoms with E-state index in [1.807, 2.05) is 72.8 Å². The summed E-state index contributed by atoms with van der Waals surface area (Å²) in [5, 5.41) is 10.3. The van der Waals surface area contributed by atoms with Crippen molar-refractivity contribution in [3.8, 4) is 17.6 Å². The number of benzene rings is 3. The number of thiazole rings is 1. The molecule has 0 radical (unpaired) electrons. The first-order valence-electron chi connectivity index (χ1n) is 9.36. The molecule has 3 aromatic carbocycles. The van der Waals surface area contributed by atoms with Crippen LogP contribution in [0.3, 0.4) is 0 Å². The van der Waals surface area contributed by atoms with E-state index in [2.05, 4.69) is 11.1 Å². The monoisotopic (exact) mass is 464 g/mol. The molecule has 0 aliphatic rings. The summed E-state index contributed by atoms with van der Waals surface area (Å²) in [6, 6.07) is 23.3. The van der Waals surface area contributed by atoms with Crippen LogP contribution in [0, 0.1) is 11.3 Å². The van der Waals surface area contributed by atoms with Crippen LogP contribution in [0.5, 0.6) is 11.5 Å². The number of nitrogens with zero attached hydrogens (tertiary/aromatic N) is 2. The van der Waals surface area contributed by atoms with Crippen molar-refractivity contribution in [2.45, 2.75) is 10.9 Å². The largest absolute Gasteiger partial charge is 0.493 e. The van der Waals surface area contributed by atoms with E-state index in [4.69, 9.17) is 21.1 Å². The molecule has 0 unspecified atom stereocenters. The zero-order valence-corrected chi connectivity index (χ0v) is 18.9. The molecule has 7 heteroatoms. The molecule has 4 rings (SSSR count). The van der Waals surface area contributed by atoms with E-state index >= 15 is 0 Å². The minimum Gasteiger partial charge on any atom is -0.493 e. The molecule has 1 aromatic heterocycles. The molecular weight excluding hydrogens is 448 g/mol. The van der Waals surface area contributed by atoms with Crippen LogP contribution >= 0.6 is 34.7 Å². The van der Waals surface area contributed by atoms with E-state index in [-0.39, 0.29) is 0 Å². The van der Waals surface area contributed by atoms with Crippen molar-refractivity contribution in [2.75, 3.05) is 7.11 Å². The molecule has 4 nitrogen and oxygen atoms in total. The summed E-state index contributed by atoms with van der Waals surface area (Å²) in [6.07, 6.45) is 1.82. The Morgan fingerprint density at radius 2 is 1.94 bits per heavy atom. The van der Waals surface area contributed by atoms with Crippen molar-refractivity contribution in [1.29, 1.82) is 5.26 Å². The van der Waals surface area contributed by atoms with E-state index in [9.17, 15) is 5.26 Å². The number of nitriles is 1. The topological polar surface area (TPSA) is 55.1 Å². The maximum Gasteiger partial charge on any atom is 0.161 e. The number of halogens is 1. The fourth-order valence-electron chi connectivity index (χ4n) is 2.89. The molecular formula is C24H17ClN2O2S2.